The summed E-state index contributed by atoms with van der Waals surface area (Å²) in [6.45, 7) is 2.55. The molecule has 0 spiro atoms. The second kappa shape index (κ2) is 6.89. The van der Waals surface area contributed by atoms with Crippen LogP contribution in [0.4, 0.5) is 0 Å². The fourth-order valence-corrected chi connectivity index (χ4v) is 3.32. The van der Waals surface area contributed by atoms with Gasteiger partial charge in [0.15, 0.2) is 0 Å². The predicted octanol–water partition coefficient (Wildman–Crippen LogP) is 2.49. The van der Waals surface area contributed by atoms with Gasteiger partial charge in [0.25, 0.3) is 0 Å². The third-order valence-corrected chi connectivity index (χ3v) is 4.57. The number of amides is 2. The zero-order valence-corrected chi connectivity index (χ0v) is 13.1. The van der Waals surface area contributed by atoms with Crippen LogP contribution < -0.4 is 0 Å². The minimum atomic E-state index is -0.0564. The molecule has 1 aliphatic heterocycles. The Morgan fingerprint density at radius 1 is 1.14 bits per heavy atom. The summed E-state index contributed by atoms with van der Waals surface area (Å²) >= 11 is 1.70. The Morgan fingerprint density at radius 3 is 2.59 bits per heavy atom. The van der Waals surface area contributed by atoms with Gasteiger partial charge in [-0.2, -0.15) is 0 Å². The van der Waals surface area contributed by atoms with E-state index in [1.807, 2.05) is 23.6 Å². The van der Waals surface area contributed by atoms with E-state index in [4.69, 9.17) is 4.42 Å². The fourth-order valence-electron chi connectivity index (χ4n) is 2.57. The summed E-state index contributed by atoms with van der Waals surface area (Å²) in [6, 6.07) is 7.92. The molecular weight excluding hydrogens is 300 g/mol. The monoisotopic (exact) mass is 318 g/mol. The first-order valence-electron chi connectivity index (χ1n) is 7.32. The smallest absolute Gasteiger partial charge is 0.229 e. The van der Waals surface area contributed by atoms with E-state index in [-0.39, 0.29) is 11.8 Å². The van der Waals surface area contributed by atoms with E-state index in [1.54, 1.807) is 17.6 Å². The van der Waals surface area contributed by atoms with E-state index in [0.29, 0.717) is 32.5 Å². The fraction of sp³-hybridized carbons (Fsp3) is 0.375. The Bertz CT molecular complexity index is 570. The average molecular weight is 318 g/mol. The van der Waals surface area contributed by atoms with Crippen molar-refractivity contribution < 1.29 is 14.0 Å². The molecule has 2 aromatic heterocycles. The lowest BCUT2D eigenvalue weighted by Crippen LogP contribution is -2.37. The van der Waals surface area contributed by atoms with Gasteiger partial charge in [-0.1, -0.05) is 6.07 Å². The van der Waals surface area contributed by atoms with Crippen molar-refractivity contribution in [3.05, 3.63) is 46.5 Å². The van der Waals surface area contributed by atoms with E-state index >= 15 is 0 Å². The molecule has 3 heterocycles. The molecule has 0 radical (unpaired) electrons. The van der Waals surface area contributed by atoms with Crippen molar-refractivity contribution in [2.45, 2.75) is 25.9 Å². The summed E-state index contributed by atoms with van der Waals surface area (Å²) in [7, 11) is 0. The molecule has 1 fully saturated rings. The molecule has 0 atom stereocenters. The SMILES string of the molecule is O=C1CCC(=O)N1CCN(Cc1ccco1)Cc1cccs1. The molecule has 0 bridgehead atoms. The van der Waals surface area contributed by atoms with Crippen LogP contribution in [0.25, 0.3) is 0 Å². The number of hydrogen-bond acceptors (Lipinski definition) is 5. The molecule has 1 saturated heterocycles. The maximum Gasteiger partial charge on any atom is 0.229 e. The normalized spacial score (nSPS) is 15.2. The molecule has 116 valence electrons. The van der Waals surface area contributed by atoms with Gasteiger partial charge in [0.05, 0.1) is 12.8 Å². The zero-order valence-electron chi connectivity index (χ0n) is 12.2. The highest BCUT2D eigenvalue weighted by Gasteiger charge is 2.28. The first kappa shape index (κ1) is 15.0. The molecule has 0 N–H and O–H groups in total. The number of carbonyl (C=O) groups excluding carboxylic acids is 2. The van der Waals surface area contributed by atoms with Crippen LogP contribution in [-0.2, 0) is 22.7 Å². The van der Waals surface area contributed by atoms with Crippen LogP contribution in [0, 0.1) is 0 Å². The number of likely N-dealkylation sites (tertiary alicyclic amines) is 1. The largest absolute Gasteiger partial charge is 0.468 e. The molecule has 0 aliphatic carbocycles. The Kier molecular flexibility index (Phi) is 4.70. The molecule has 0 unspecified atom stereocenters. The maximum absolute atomic E-state index is 11.7. The predicted molar refractivity (Wildman–Crippen MR) is 83.1 cm³/mol. The molecule has 6 heteroatoms. The lowest BCUT2D eigenvalue weighted by atomic mass is 10.3. The van der Waals surface area contributed by atoms with E-state index in [2.05, 4.69) is 11.0 Å². The number of imide groups is 1. The van der Waals surface area contributed by atoms with E-state index < -0.39 is 0 Å². The highest BCUT2D eigenvalue weighted by molar-refractivity contribution is 7.09. The standard InChI is InChI=1S/C16H18N2O3S/c19-15-5-6-16(20)18(15)8-7-17(11-13-3-1-9-21-13)12-14-4-2-10-22-14/h1-4,9-10H,5-8,11-12H2. The lowest BCUT2D eigenvalue weighted by Gasteiger charge is -2.23. The summed E-state index contributed by atoms with van der Waals surface area (Å²) in [5, 5.41) is 2.05. The molecule has 0 saturated carbocycles. The Balaban J connectivity index is 1.62. The first-order chi connectivity index (χ1) is 10.7. The van der Waals surface area contributed by atoms with Gasteiger partial charge in [0.1, 0.15) is 5.76 Å². The number of nitrogens with zero attached hydrogens (tertiary/aromatic N) is 2. The summed E-state index contributed by atoms with van der Waals surface area (Å²) in [4.78, 5) is 28.2. The molecule has 3 rings (SSSR count). The van der Waals surface area contributed by atoms with Gasteiger partial charge in [-0.25, -0.2) is 0 Å². The molecule has 0 aromatic carbocycles. The van der Waals surface area contributed by atoms with Crippen LogP contribution in [0.5, 0.6) is 0 Å². The van der Waals surface area contributed by atoms with Crippen LogP contribution in [0.3, 0.4) is 0 Å². The summed E-state index contributed by atoms with van der Waals surface area (Å²) in [6.07, 6.45) is 2.36. The van der Waals surface area contributed by atoms with Gasteiger partial charge in [-0.3, -0.25) is 19.4 Å². The molecule has 2 amide bonds. The zero-order chi connectivity index (χ0) is 15.4. The van der Waals surface area contributed by atoms with Crippen molar-refractivity contribution in [1.29, 1.82) is 0 Å². The topological polar surface area (TPSA) is 53.8 Å². The minimum absolute atomic E-state index is 0.0564. The third kappa shape index (κ3) is 3.64. The number of carbonyl (C=O) groups is 2. The van der Waals surface area contributed by atoms with Crippen LogP contribution in [0.15, 0.2) is 40.3 Å². The van der Waals surface area contributed by atoms with Crippen molar-refractivity contribution in [1.82, 2.24) is 9.80 Å². The van der Waals surface area contributed by atoms with Crippen molar-refractivity contribution in [3.8, 4) is 0 Å². The highest BCUT2D eigenvalue weighted by atomic mass is 32.1. The number of thiophene rings is 1. The molecule has 1 aliphatic rings. The van der Waals surface area contributed by atoms with Gasteiger partial charge < -0.3 is 4.42 Å². The van der Waals surface area contributed by atoms with Gasteiger partial charge in [-0.15, -0.1) is 11.3 Å². The highest BCUT2D eigenvalue weighted by Crippen LogP contribution is 2.16. The average Bonchev–Trinajstić information content (AvgIpc) is 3.22. The lowest BCUT2D eigenvalue weighted by molar-refractivity contribution is -0.138. The number of rotatable bonds is 7. The van der Waals surface area contributed by atoms with E-state index in [0.717, 1.165) is 12.3 Å². The molecule has 22 heavy (non-hydrogen) atoms. The van der Waals surface area contributed by atoms with Gasteiger partial charge in [0.2, 0.25) is 11.8 Å². The minimum Gasteiger partial charge on any atom is -0.468 e. The van der Waals surface area contributed by atoms with Gasteiger partial charge in [0, 0.05) is 37.4 Å². The quantitative estimate of drug-likeness (QED) is 0.736. The van der Waals surface area contributed by atoms with E-state index in [9.17, 15) is 9.59 Å². The van der Waals surface area contributed by atoms with E-state index in [1.165, 1.54) is 9.78 Å². The Morgan fingerprint density at radius 2 is 1.95 bits per heavy atom. The Hall–Kier alpha value is -1.92. The molecule has 2 aromatic rings. The molecular formula is C16H18N2O3S. The van der Waals surface area contributed by atoms with Crippen LogP contribution in [-0.4, -0.2) is 34.7 Å². The third-order valence-electron chi connectivity index (χ3n) is 3.71. The second-order valence-corrected chi connectivity index (χ2v) is 6.34. The summed E-state index contributed by atoms with van der Waals surface area (Å²) in [5.74, 6) is 0.772. The second-order valence-electron chi connectivity index (χ2n) is 5.31. The summed E-state index contributed by atoms with van der Waals surface area (Å²) < 4.78 is 5.41. The van der Waals surface area contributed by atoms with Gasteiger partial charge >= 0.3 is 0 Å². The van der Waals surface area contributed by atoms with Crippen molar-refractivity contribution in [3.63, 3.8) is 0 Å². The number of furan rings is 1. The van der Waals surface area contributed by atoms with Crippen molar-refractivity contribution in [2.24, 2.45) is 0 Å². The van der Waals surface area contributed by atoms with Crippen molar-refractivity contribution >= 4 is 23.2 Å². The van der Waals surface area contributed by atoms with Gasteiger partial charge in [-0.05, 0) is 23.6 Å². The maximum atomic E-state index is 11.7. The van der Waals surface area contributed by atoms with Crippen LogP contribution in [0.2, 0.25) is 0 Å². The number of hydrogen-bond donors (Lipinski definition) is 0. The Labute approximate surface area is 133 Å². The first-order valence-corrected chi connectivity index (χ1v) is 8.20. The van der Waals surface area contributed by atoms with Crippen LogP contribution >= 0.6 is 11.3 Å². The van der Waals surface area contributed by atoms with Crippen LogP contribution in [0.1, 0.15) is 23.5 Å². The summed E-state index contributed by atoms with van der Waals surface area (Å²) in [5.41, 5.74) is 0. The molecule has 5 nitrogen and oxygen atoms in total. The van der Waals surface area contributed by atoms with Crippen molar-refractivity contribution in [2.75, 3.05) is 13.1 Å².